The smallest absolute Gasteiger partial charge is 0.137 e. The highest BCUT2D eigenvalue weighted by atomic mass is 35.5. The van der Waals surface area contributed by atoms with Crippen molar-refractivity contribution in [1.82, 2.24) is 4.48 Å². The zero-order valence-electron chi connectivity index (χ0n) is 13.8. The van der Waals surface area contributed by atoms with Crippen molar-refractivity contribution in [3.63, 3.8) is 0 Å². The highest BCUT2D eigenvalue weighted by Crippen LogP contribution is 2.35. The van der Waals surface area contributed by atoms with Gasteiger partial charge in [-0.2, -0.15) is 0 Å². The zero-order valence-corrected chi connectivity index (χ0v) is 14.6. The number of nitrogens with zero attached hydrogens (tertiary/aromatic N) is 1. The normalized spacial score (nSPS) is 11.0. The van der Waals surface area contributed by atoms with Crippen LogP contribution in [0.15, 0.2) is 60.7 Å². The fraction of sp³-hybridized carbons (Fsp3) is 0.400. The fourth-order valence-electron chi connectivity index (χ4n) is 3.06. The van der Waals surface area contributed by atoms with E-state index in [1.807, 2.05) is 0 Å². The van der Waals surface area contributed by atoms with E-state index < -0.39 is 0 Å². The predicted octanol–water partition coefficient (Wildman–Crippen LogP) is 2.93. The first kappa shape index (κ1) is 18.7. The van der Waals surface area contributed by atoms with Crippen LogP contribution in [0.1, 0.15) is 39.5 Å². The Morgan fingerprint density at radius 2 is 1.00 bits per heavy atom. The molecule has 0 atom stereocenters. The highest BCUT2D eigenvalue weighted by Gasteiger charge is 2.31. The Hall–Kier alpha value is -1.31. The Bertz CT molecular complexity index is 460. The Kier molecular flexibility index (Phi) is 8.22. The van der Waals surface area contributed by atoms with Gasteiger partial charge in [0.1, 0.15) is 11.4 Å². The standard InChI is InChI=1S/C20H28N.ClH/c1-3-5-17-21(18-6-4-2,19-13-9-7-10-14-19)20-15-11-8-12-16-20;/h7-16H,3-6,17-18H2,1-2H3;1H/q+1;/p-1. The molecule has 0 spiro atoms. The largest absolute Gasteiger partial charge is 1.00 e. The highest BCUT2D eigenvalue weighted by molar-refractivity contribution is 5.58. The molecule has 0 radical (unpaired) electrons. The van der Waals surface area contributed by atoms with Crippen LogP contribution < -0.4 is 16.9 Å². The molecule has 0 heterocycles. The summed E-state index contributed by atoms with van der Waals surface area (Å²) in [7, 11) is 0. The van der Waals surface area contributed by atoms with Gasteiger partial charge in [-0.15, -0.1) is 0 Å². The number of halogens is 1. The molecule has 0 aliphatic heterocycles. The fourth-order valence-corrected chi connectivity index (χ4v) is 3.06. The lowest BCUT2D eigenvalue weighted by Gasteiger charge is -2.38. The molecule has 2 heteroatoms. The average Bonchev–Trinajstić information content (AvgIpc) is 2.57. The summed E-state index contributed by atoms with van der Waals surface area (Å²) in [5.74, 6) is 0. The van der Waals surface area contributed by atoms with Gasteiger partial charge in [0, 0.05) is 0 Å². The second-order valence-corrected chi connectivity index (χ2v) is 5.79. The molecule has 0 fully saturated rings. The molecule has 2 rings (SSSR count). The van der Waals surface area contributed by atoms with E-state index in [-0.39, 0.29) is 12.4 Å². The van der Waals surface area contributed by atoms with E-state index in [1.165, 1.54) is 50.1 Å². The first-order valence-corrected chi connectivity index (χ1v) is 8.32. The second-order valence-electron chi connectivity index (χ2n) is 5.79. The third kappa shape index (κ3) is 4.34. The van der Waals surface area contributed by atoms with E-state index >= 15 is 0 Å². The summed E-state index contributed by atoms with van der Waals surface area (Å²) in [6.07, 6.45) is 5.00. The Balaban J connectivity index is 0.00000242. The molecule has 22 heavy (non-hydrogen) atoms. The molecule has 2 aromatic carbocycles. The van der Waals surface area contributed by atoms with E-state index in [0.29, 0.717) is 0 Å². The van der Waals surface area contributed by atoms with Crippen LogP contribution in [0.3, 0.4) is 0 Å². The van der Waals surface area contributed by atoms with E-state index in [2.05, 4.69) is 74.5 Å². The van der Waals surface area contributed by atoms with Crippen LogP contribution in [0.2, 0.25) is 0 Å². The molecule has 0 aliphatic rings. The van der Waals surface area contributed by atoms with Gasteiger partial charge in [0.05, 0.1) is 13.1 Å². The van der Waals surface area contributed by atoms with Gasteiger partial charge in [0.15, 0.2) is 0 Å². The van der Waals surface area contributed by atoms with Crippen LogP contribution in [-0.2, 0) is 0 Å². The van der Waals surface area contributed by atoms with Crippen molar-refractivity contribution < 1.29 is 12.4 Å². The van der Waals surface area contributed by atoms with Gasteiger partial charge in [0.25, 0.3) is 0 Å². The molecular weight excluding hydrogens is 290 g/mol. The van der Waals surface area contributed by atoms with E-state index in [9.17, 15) is 0 Å². The van der Waals surface area contributed by atoms with E-state index in [1.54, 1.807) is 0 Å². The van der Waals surface area contributed by atoms with Gasteiger partial charge in [-0.3, -0.25) is 4.48 Å². The maximum Gasteiger partial charge on any atom is 0.137 e. The molecule has 0 unspecified atom stereocenters. The molecule has 2 aromatic rings. The molecular formula is C20H28ClN. The van der Waals surface area contributed by atoms with E-state index in [4.69, 9.17) is 0 Å². The van der Waals surface area contributed by atoms with Crippen molar-refractivity contribution in [3.8, 4) is 0 Å². The Morgan fingerprint density at radius 3 is 1.32 bits per heavy atom. The van der Waals surface area contributed by atoms with E-state index in [0.717, 1.165) is 4.48 Å². The molecule has 0 N–H and O–H groups in total. The van der Waals surface area contributed by atoms with Crippen molar-refractivity contribution in [1.29, 1.82) is 0 Å². The summed E-state index contributed by atoms with van der Waals surface area (Å²) in [6, 6.07) is 22.1. The molecule has 0 aliphatic carbocycles. The van der Waals surface area contributed by atoms with Crippen LogP contribution in [-0.4, -0.2) is 13.1 Å². The minimum Gasteiger partial charge on any atom is -1.00 e. The van der Waals surface area contributed by atoms with Crippen molar-refractivity contribution in [2.45, 2.75) is 39.5 Å². The lowest BCUT2D eigenvalue weighted by atomic mass is 10.1. The summed E-state index contributed by atoms with van der Waals surface area (Å²) >= 11 is 0. The minimum absolute atomic E-state index is 0. The number of rotatable bonds is 8. The third-order valence-corrected chi connectivity index (χ3v) is 4.29. The van der Waals surface area contributed by atoms with Gasteiger partial charge in [-0.1, -0.05) is 63.1 Å². The molecule has 0 saturated heterocycles. The van der Waals surface area contributed by atoms with Crippen LogP contribution in [0.4, 0.5) is 11.4 Å². The van der Waals surface area contributed by atoms with Gasteiger partial charge >= 0.3 is 0 Å². The number of benzene rings is 2. The molecule has 0 bridgehead atoms. The van der Waals surface area contributed by atoms with Crippen LogP contribution in [0.25, 0.3) is 0 Å². The molecule has 0 amide bonds. The SMILES string of the molecule is CCCC[N+](CCCC)(c1ccccc1)c1ccccc1.[Cl-]. The summed E-state index contributed by atoms with van der Waals surface area (Å²) in [5, 5.41) is 0. The molecule has 120 valence electrons. The first-order valence-electron chi connectivity index (χ1n) is 8.32. The van der Waals surface area contributed by atoms with Gasteiger partial charge < -0.3 is 12.4 Å². The zero-order chi connectivity index (χ0) is 15.0. The maximum atomic E-state index is 2.29. The van der Waals surface area contributed by atoms with Crippen molar-refractivity contribution in [2.75, 3.05) is 13.1 Å². The lowest BCUT2D eigenvalue weighted by molar-refractivity contribution is -0.00000438. The quantitative estimate of drug-likeness (QED) is 0.657. The van der Waals surface area contributed by atoms with Crippen molar-refractivity contribution in [3.05, 3.63) is 60.7 Å². The van der Waals surface area contributed by atoms with Crippen molar-refractivity contribution >= 4 is 11.4 Å². The van der Waals surface area contributed by atoms with Crippen molar-refractivity contribution in [2.24, 2.45) is 0 Å². The Morgan fingerprint density at radius 1 is 0.636 bits per heavy atom. The lowest BCUT2D eigenvalue weighted by Crippen LogP contribution is -3.00. The second kappa shape index (κ2) is 9.66. The number of quaternary nitrogens is 1. The van der Waals surface area contributed by atoms with Gasteiger partial charge in [-0.25, -0.2) is 0 Å². The maximum absolute atomic E-state index is 2.29. The third-order valence-electron chi connectivity index (χ3n) is 4.29. The summed E-state index contributed by atoms with van der Waals surface area (Å²) in [6.45, 7) is 6.93. The topological polar surface area (TPSA) is 0 Å². The predicted molar refractivity (Wildman–Crippen MR) is 93.9 cm³/mol. The molecule has 0 aromatic heterocycles. The minimum atomic E-state index is 0. The number of para-hydroxylation sites is 2. The Labute approximate surface area is 142 Å². The number of hydrogen-bond acceptors (Lipinski definition) is 0. The number of unbranched alkanes of at least 4 members (excludes halogenated alkanes) is 2. The van der Waals surface area contributed by atoms with Crippen LogP contribution in [0.5, 0.6) is 0 Å². The average molecular weight is 318 g/mol. The summed E-state index contributed by atoms with van der Waals surface area (Å²) in [5.41, 5.74) is 2.84. The van der Waals surface area contributed by atoms with Gasteiger partial charge in [0.2, 0.25) is 0 Å². The monoisotopic (exact) mass is 317 g/mol. The number of hydrogen-bond donors (Lipinski definition) is 0. The summed E-state index contributed by atoms with van der Waals surface area (Å²) in [4.78, 5) is 0. The molecule has 0 saturated carbocycles. The first-order chi connectivity index (χ1) is 10.3. The van der Waals surface area contributed by atoms with Crippen LogP contribution >= 0.6 is 0 Å². The molecule has 1 nitrogen and oxygen atoms in total. The summed E-state index contributed by atoms with van der Waals surface area (Å²) < 4.78 is 0.989. The van der Waals surface area contributed by atoms with Gasteiger partial charge in [-0.05, 0) is 37.1 Å². The van der Waals surface area contributed by atoms with Crippen LogP contribution in [0, 0.1) is 0 Å².